The van der Waals surface area contributed by atoms with Gasteiger partial charge in [0.15, 0.2) is 11.5 Å². The van der Waals surface area contributed by atoms with Crippen molar-refractivity contribution in [1.29, 1.82) is 0 Å². The van der Waals surface area contributed by atoms with E-state index in [9.17, 15) is 14.0 Å². The van der Waals surface area contributed by atoms with Crippen molar-refractivity contribution in [3.63, 3.8) is 0 Å². The lowest BCUT2D eigenvalue weighted by atomic mass is 10.0. The van der Waals surface area contributed by atoms with Crippen molar-refractivity contribution in [3.8, 4) is 0 Å². The van der Waals surface area contributed by atoms with Gasteiger partial charge in [-0.05, 0) is 24.6 Å². The molecule has 0 unspecified atom stereocenters. The van der Waals surface area contributed by atoms with E-state index >= 15 is 0 Å². The van der Waals surface area contributed by atoms with Crippen molar-refractivity contribution < 1.29 is 28.2 Å². The van der Waals surface area contributed by atoms with Crippen LogP contribution >= 0.6 is 0 Å². The highest BCUT2D eigenvalue weighted by Gasteiger charge is 2.35. The third-order valence-corrected chi connectivity index (χ3v) is 3.00. The van der Waals surface area contributed by atoms with Gasteiger partial charge in [0.05, 0.1) is 19.8 Å². The number of rotatable bonds is 3. The highest BCUT2D eigenvalue weighted by Crippen LogP contribution is 2.35. The number of carbonyl (C=O) groups excluding carboxylic acids is 2. The Labute approximate surface area is 120 Å². The molecule has 1 aromatic carbocycles. The second-order valence-electron chi connectivity index (χ2n) is 4.25. The zero-order valence-electron chi connectivity index (χ0n) is 11.7. The molecule has 0 aromatic heterocycles. The van der Waals surface area contributed by atoms with E-state index in [1.54, 1.807) is 0 Å². The van der Waals surface area contributed by atoms with Crippen molar-refractivity contribution in [2.24, 2.45) is 0 Å². The number of methoxy groups -OCH3 is 2. The molecule has 1 aliphatic heterocycles. The molecular weight excluding hydrogens is 279 g/mol. The predicted molar refractivity (Wildman–Crippen MR) is 71.1 cm³/mol. The maximum atomic E-state index is 13.0. The van der Waals surface area contributed by atoms with Crippen LogP contribution in [0, 0.1) is 5.82 Å². The predicted octanol–water partition coefficient (Wildman–Crippen LogP) is 2.19. The van der Waals surface area contributed by atoms with Crippen LogP contribution in [0.3, 0.4) is 0 Å². The normalized spacial score (nSPS) is 16.7. The molecule has 0 atom stereocenters. The minimum Gasteiger partial charge on any atom is -0.492 e. The lowest BCUT2D eigenvalue weighted by Gasteiger charge is -2.06. The molecular formula is C15H13FO5. The molecule has 5 nitrogen and oxygen atoms in total. The Morgan fingerprint density at radius 1 is 1.19 bits per heavy atom. The van der Waals surface area contributed by atoms with E-state index in [-0.39, 0.29) is 22.7 Å². The van der Waals surface area contributed by atoms with Crippen LogP contribution < -0.4 is 0 Å². The maximum Gasteiger partial charge on any atom is 0.348 e. The molecule has 1 aliphatic rings. The van der Waals surface area contributed by atoms with Crippen LogP contribution in [0.5, 0.6) is 0 Å². The largest absolute Gasteiger partial charge is 0.492 e. The van der Waals surface area contributed by atoms with Gasteiger partial charge >= 0.3 is 11.9 Å². The van der Waals surface area contributed by atoms with Gasteiger partial charge in [-0.25, -0.2) is 14.0 Å². The van der Waals surface area contributed by atoms with Crippen LogP contribution in [-0.2, 0) is 23.8 Å². The van der Waals surface area contributed by atoms with Crippen LogP contribution in [-0.4, -0.2) is 26.2 Å². The smallest absolute Gasteiger partial charge is 0.348 e. The summed E-state index contributed by atoms with van der Waals surface area (Å²) in [4.78, 5) is 23.6. The van der Waals surface area contributed by atoms with E-state index in [1.807, 2.05) is 0 Å². The van der Waals surface area contributed by atoms with E-state index in [1.165, 1.54) is 45.4 Å². The zero-order valence-corrected chi connectivity index (χ0v) is 11.7. The van der Waals surface area contributed by atoms with Crippen molar-refractivity contribution in [2.45, 2.75) is 6.92 Å². The van der Waals surface area contributed by atoms with E-state index in [4.69, 9.17) is 9.47 Å². The molecule has 6 heteroatoms. The Bertz CT molecular complexity index is 655. The number of cyclic esters (lactones) is 1. The lowest BCUT2D eigenvalue weighted by Crippen LogP contribution is -2.07. The fourth-order valence-corrected chi connectivity index (χ4v) is 1.95. The first-order valence-electron chi connectivity index (χ1n) is 6.05. The number of hydrogen-bond donors (Lipinski definition) is 0. The first kappa shape index (κ1) is 14.8. The molecule has 0 amide bonds. The van der Waals surface area contributed by atoms with Crippen LogP contribution in [0.25, 0.3) is 5.57 Å². The average molecular weight is 292 g/mol. The molecule has 0 N–H and O–H groups in total. The van der Waals surface area contributed by atoms with E-state index < -0.39 is 17.8 Å². The van der Waals surface area contributed by atoms with E-state index in [0.29, 0.717) is 5.56 Å². The first-order chi connectivity index (χ1) is 9.99. The fraction of sp³-hybridized carbons (Fsp3) is 0.200. The van der Waals surface area contributed by atoms with Gasteiger partial charge in [-0.2, -0.15) is 0 Å². The van der Waals surface area contributed by atoms with Crippen LogP contribution in [0.1, 0.15) is 12.5 Å². The minimum atomic E-state index is -0.670. The summed E-state index contributed by atoms with van der Waals surface area (Å²) < 4.78 is 27.8. The molecule has 0 fully saturated rings. The first-order valence-corrected chi connectivity index (χ1v) is 6.05. The highest BCUT2D eigenvalue weighted by atomic mass is 19.1. The monoisotopic (exact) mass is 292 g/mol. The topological polar surface area (TPSA) is 61.8 Å². The summed E-state index contributed by atoms with van der Waals surface area (Å²) in [7, 11) is 2.58. The SMILES string of the molecule is COC(=O)/C(C)=C1/OC(=O)C(c2ccc(F)cc2)=C1OC. The second-order valence-corrected chi connectivity index (χ2v) is 4.25. The van der Waals surface area contributed by atoms with Crippen LogP contribution in [0.4, 0.5) is 4.39 Å². The number of esters is 2. The quantitative estimate of drug-likeness (QED) is 0.631. The fourth-order valence-electron chi connectivity index (χ4n) is 1.95. The molecule has 2 rings (SSSR count). The highest BCUT2D eigenvalue weighted by molar-refractivity contribution is 6.21. The summed E-state index contributed by atoms with van der Waals surface area (Å²) in [5.41, 5.74) is 0.682. The second kappa shape index (κ2) is 5.78. The van der Waals surface area contributed by atoms with Gasteiger partial charge in [0, 0.05) is 0 Å². The summed E-state index contributed by atoms with van der Waals surface area (Å²) in [5.74, 6) is -1.60. The van der Waals surface area contributed by atoms with Crippen molar-refractivity contribution in [2.75, 3.05) is 14.2 Å². The summed E-state index contributed by atoms with van der Waals surface area (Å²) in [5, 5.41) is 0. The van der Waals surface area contributed by atoms with Crippen molar-refractivity contribution in [1.82, 2.24) is 0 Å². The molecule has 0 aliphatic carbocycles. The average Bonchev–Trinajstić information content (AvgIpc) is 2.83. The van der Waals surface area contributed by atoms with Gasteiger partial charge in [-0.15, -0.1) is 0 Å². The maximum absolute atomic E-state index is 13.0. The Hall–Kier alpha value is -2.63. The Kier molecular flexibility index (Phi) is 4.07. The minimum absolute atomic E-state index is 0.00803. The molecule has 0 bridgehead atoms. The number of benzene rings is 1. The third-order valence-electron chi connectivity index (χ3n) is 3.00. The number of ether oxygens (including phenoxy) is 3. The van der Waals surface area contributed by atoms with Gasteiger partial charge in [0.2, 0.25) is 0 Å². The van der Waals surface area contributed by atoms with Gasteiger partial charge < -0.3 is 14.2 Å². The third kappa shape index (κ3) is 2.65. The molecule has 0 spiro atoms. The molecule has 110 valence electrons. The van der Waals surface area contributed by atoms with Gasteiger partial charge in [0.1, 0.15) is 11.4 Å². The summed E-state index contributed by atoms with van der Waals surface area (Å²) in [6, 6.07) is 5.30. The number of carbonyl (C=O) groups is 2. The summed E-state index contributed by atoms with van der Waals surface area (Å²) in [6.07, 6.45) is 0. The van der Waals surface area contributed by atoms with Crippen molar-refractivity contribution >= 4 is 17.5 Å². The van der Waals surface area contributed by atoms with E-state index in [0.717, 1.165) is 0 Å². The van der Waals surface area contributed by atoms with Gasteiger partial charge in [-0.1, -0.05) is 12.1 Å². The standard InChI is InChI=1S/C15H13FO5/c1-8(14(17)20-3)12-13(19-2)11(15(18)21-12)9-4-6-10(16)7-5-9/h4-7H,1-3H3/b12-8+. The van der Waals surface area contributed by atoms with Gasteiger partial charge in [-0.3, -0.25) is 0 Å². The van der Waals surface area contributed by atoms with E-state index in [2.05, 4.69) is 4.74 Å². The Balaban J connectivity index is 2.59. The van der Waals surface area contributed by atoms with Crippen LogP contribution in [0.15, 0.2) is 41.4 Å². The van der Waals surface area contributed by atoms with Crippen LogP contribution in [0.2, 0.25) is 0 Å². The zero-order chi connectivity index (χ0) is 15.6. The summed E-state index contributed by atoms with van der Waals surface area (Å²) >= 11 is 0. The molecule has 1 aromatic rings. The molecule has 1 heterocycles. The Morgan fingerprint density at radius 3 is 2.33 bits per heavy atom. The molecule has 21 heavy (non-hydrogen) atoms. The Morgan fingerprint density at radius 2 is 1.81 bits per heavy atom. The van der Waals surface area contributed by atoms with Crippen molar-refractivity contribution in [3.05, 3.63) is 52.7 Å². The molecule has 0 radical (unpaired) electrons. The number of hydrogen-bond acceptors (Lipinski definition) is 5. The van der Waals surface area contributed by atoms with Gasteiger partial charge in [0.25, 0.3) is 0 Å². The molecule has 0 saturated carbocycles. The molecule has 0 saturated heterocycles. The lowest BCUT2D eigenvalue weighted by molar-refractivity contribution is -0.136. The number of halogens is 1. The summed E-state index contributed by atoms with van der Waals surface area (Å²) in [6.45, 7) is 1.46.